The van der Waals surface area contributed by atoms with Gasteiger partial charge in [-0.05, 0) is 29.7 Å². The third-order valence-corrected chi connectivity index (χ3v) is 3.54. The molecule has 3 rings (SSSR count). The zero-order valence-electron chi connectivity index (χ0n) is 10.8. The summed E-state index contributed by atoms with van der Waals surface area (Å²) in [4.78, 5) is 17.7. The van der Waals surface area contributed by atoms with Gasteiger partial charge in [0.25, 0.3) is 5.91 Å². The molecule has 0 aliphatic carbocycles. The maximum absolute atomic E-state index is 13.1. The molecule has 1 aliphatic heterocycles. The number of rotatable bonds is 1. The minimum Gasteiger partial charge on any atom is -0.398 e. The molecule has 2 aromatic rings. The Balaban J connectivity index is 1.85. The molecule has 0 bridgehead atoms. The van der Waals surface area contributed by atoms with Crippen LogP contribution in [0.25, 0.3) is 0 Å². The molecule has 1 aromatic heterocycles. The van der Waals surface area contributed by atoms with Crippen LogP contribution in [-0.4, -0.2) is 22.3 Å². The molecule has 0 unspecified atom stereocenters. The topological polar surface area (TPSA) is 59.2 Å². The molecule has 1 amide bonds. The first-order chi connectivity index (χ1) is 9.65. The Labute approximate surface area is 116 Å². The summed E-state index contributed by atoms with van der Waals surface area (Å²) < 4.78 is 13.1. The fourth-order valence-corrected chi connectivity index (χ4v) is 2.52. The van der Waals surface area contributed by atoms with Crippen LogP contribution < -0.4 is 5.73 Å². The van der Waals surface area contributed by atoms with Crippen molar-refractivity contribution in [3.8, 4) is 0 Å². The molecule has 1 aromatic carbocycles. The molecule has 20 heavy (non-hydrogen) atoms. The lowest BCUT2D eigenvalue weighted by Gasteiger charge is -2.29. The van der Waals surface area contributed by atoms with Crippen molar-refractivity contribution in [1.29, 1.82) is 0 Å². The Morgan fingerprint density at radius 1 is 1.35 bits per heavy atom. The Bertz CT molecular complexity index is 672. The van der Waals surface area contributed by atoms with E-state index in [2.05, 4.69) is 4.98 Å². The van der Waals surface area contributed by atoms with Gasteiger partial charge in [0.1, 0.15) is 5.82 Å². The van der Waals surface area contributed by atoms with Crippen LogP contribution in [0.4, 0.5) is 10.1 Å². The average molecular weight is 271 g/mol. The number of carbonyl (C=O) groups is 1. The minimum atomic E-state index is -0.502. The smallest absolute Gasteiger partial charge is 0.255 e. The normalized spacial score (nSPS) is 13.9. The number of aromatic nitrogens is 1. The fourth-order valence-electron chi connectivity index (χ4n) is 2.52. The number of benzene rings is 1. The highest BCUT2D eigenvalue weighted by molar-refractivity contribution is 5.94. The molecule has 4 nitrogen and oxygen atoms in total. The van der Waals surface area contributed by atoms with Crippen molar-refractivity contribution < 1.29 is 9.18 Å². The van der Waals surface area contributed by atoms with Gasteiger partial charge in [-0.3, -0.25) is 9.78 Å². The van der Waals surface area contributed by atoms with Gasteiger partial charge in [0.15, 0.2) is 0 Å². The van der Waals surface area contributed by atoms with Gasteiger partial charge < -0.3 is 10.6 Å². The number of nitrogens with zero attached hydrogens (tertiary/aromatic N) is 2. The van der Waals surface area contributed by atoms with E-state index in [1.807, 2.05) is 18.2 Å². The van der Waals surface area contributed by atoms with E-state index in [9.17, 15) is 9.18 Å². The Kier molecular flexibility index (Phi) is 3.10. The molecule has 2 N–H and O–H groups in total. The first kappa shape index (κ1) is 12.6. The zero-order valence-corrected chi connectivity index (χ0v) is 10.8. The molecule has 0 saturated heterocycles. The van der Waals surface area contributed by atoms with Gasteiger partial charge >= 0.3 is 0 Å². The summed E-state index contributed by atoms with van der Waals surface area (Å²) in [6.07, 6.45) is 3.19. The van der Waals surface area contributed by atoms with E-state index in [0.717, 1.165) is 29.4 Å². The molecule has 2 heterocycles. The van der Waals surface area contributed by atoms with Crippen LogP contribution in [0, 0.1) is 5.82 Å². The molecule has 0 spiro atoms. The van der Waals surface area contributed by atoms with Crippen LogP contribution >= 0.6 is 0 Å². The van der Waals surface area contributed by atoms with E-state index in [-0.39, 0.29) is 11.5 Å². The highest BCUT2D eigenvalue weighted by Gasteiger charge is 2.23. The molecule has 0 saturated carbocycles. The average Bonchev–Trinajstić information content (AvgIpc) is 2.46. The molecule has 102 valence electrons. The number of hydrogen-bond donors (Lipinski definition) is 1. The summed E-state index contributed by atoms with van der Waals surface area (Å²) in [7, 11) is 0. The summed E-state index contributed by atoms with van der Waals surface area (Å²) in [5.74, 6) is -0.706. The molecule has 0 atom stereocenters. The van der Waals surface area contributed by atoms with E-state index < -0.39 is 5.82 Å². The van der Waals surface area contributed by atoms with Crippen LogP contribution in [0.1, 0.15) is 21.5 Å². The highest BCUT2D eigenvalue weighted by Crippen LogP contribution is 2.25. The number of pyridine rings is 1. The van der Waals surface area contributed by atoms with E-state index >= 15 is 0 Å². The summed E-state index contributed by atoms with van der Waals surface area (Å²) in [6, 6.07) is 6.93. The first-order valence-electron chi connectivity index (χ1n) is 6.41. The Morgan fingerprint density at radius 2 is 2.20 bits per heavy atom. The van der Waals surface area contributed by atoms with Crippen molar-refractivity contribution >= 4 is 11.6 Å². The third-order valence-electron chi connectivity index (χ3n) is 3.54. The fraction of sp³-hybridized carbons (Fsp3) is 0.200. The molecular formula is C15H14FN3O. The third kappa shape index (κ3) is 2.22. The SMILES string of the molecule is Nc1cccc2c1CCN(C(=O)c1cncc(F)c1)C2. The van der Waals surface area contributed by atoms with Crippen molar-refractivity contribution in [3.63, 3.8) is 0 Å². The summed E-state index contributed by atoms with van der Waals surface area (Å²) in [5, 5.41) is 0. The number of carbonyl (C=O) groups excluding carboxylic acids is 1. The van der Waals surface area contributed by atoms with E-state index in [0.29, 0.717) is 13.1 Å². The number of nitrogens with two attached hydrogens (primary N) is 1. The maximum atomic E-state index is 13.1. The van der Waals surface area contributed by atoms with Gasteiger partial charge in [-0.15, -0.1) is 0 Å². The van der Waals surface area contributed by atoms with Crippen LogP contribution in [0.5, 0.6) is 0 Å². The monoisotopic (exact) mass is 271 g/mol. The number of halogens is 1. The number of nitrogen functional groups attached to an aromatic ring is 1. The summed E-state index contributed by atoms with van der Waals surface area (Å²) >= 11 is 0. The van der Waals surface area contributed by atoms with Crippen LogP contribution in [-0.2, 0) is 13.0 Å². The molecule has 1 aliphatic rings. The Hall–Kier alpha value is -2.43. The van der Waals surface area contributed by atoms with Gasteiger partial charge in [-0.1, -0.05) is 12.1 Å². The Morgan fingerprint density at radius 3 is 3.00 bits per heavy atom. The van der Waals surface area contributed by atoms with E-state index in [4.69, 9.17) is 5.73 Å². The van der Waals surface area contributed by atoms with Crippen LogP contribution in [0.3, 0.4) is 0 Å². The van der Waals surface area contributed by atoms with Crippen molar-refractivity contribution in [2.45, 2.75) is 13.0 Å². The second-order valence-electron chi connectivity index (χ2n) is 4.85. The lowest BCUT2D eigenvalue weighted by Crippen LogP contribution is -2.36. The highest BCUT2D eigenvalue weighted by atomic mass is 19.1. The van der Waals surface area contributed by atoms with Crippen molar-refractivity contribution in [2.24, 2.45) is 0 Å². The lowest BCUT2D eigenvalue weighted by molar-refractivity contribution is 0.0734. The second-order valence-corrected chi connectivity index (χ2v) is 4.85. The summed E-state index contributed by atoms with van der Waals surface area (Å²) in [6.45, 7) is 1.08. The van der Waals surface area contributed by atoms with Gasteiger partial charge in [0.05, 0.1) is 11.8 Å². The number of anilines is 1. The number of amides is 1. The van der Waals surface area contributed by atoms with Crippen molar-refractivity contribution in [3.05, 3.63) is 59.2 Å². The van der Waals surface area contributed by atoms with Gasteiger partial charge in [-0.2, -0.15) is 0 Å². The zero-order chi connectivity index (χ0) is 14.1. The van der Waals surface area contributed by atoms with Crippen molar-refractivity contribution in [2.75, 3.05) is 12.3 Å². The first-order valence-corrected chi connectivity index (χ1v) is 6.41. The van der Waals surface area contributed by atoms with Gasteiger partial charge in [0, 0.05) is 25.0 Å². The van der Waals surface area contributed by atoms with E-state index in [1.54, 1.807) is 4.90 Å². The van der Waals surface area contributed by atoms with Crippen LogP contribution in [0.2, 0.25) is 0 Å². The predicted molar refractivity (Wildman–Crippen MR) is 73.5 cm³/mol. The number of hydrogen-bond acceptors (Lipinski definition) is 3. The maximum Gasteiger partial charge on any atom is 0.255 e. The van der Waals surface area contributed by atoms with Crippen molar-refractivity contribution in [1.82, 2.24) is 9.88 Å². The second kappa shape index (κ2) is 4.92. The predicted octanol–water partition coefficient (Wildman–Crippen LogP) is 2.00. The van der Waals surface area contributed by atoms with Crippen LogP contribution in [0.15, 0.2) is 36.7 Å². The van der Waals surface area contributed by atoms with Gasteiger partial charge in [0.2, 0.25) is 0 Å². The molecule has 0 radical (unpaired) electrons. The molecule has 5 heteroatoms. The molecule has 0 fully saturated rings. The standard InChI is InChI=1S/C15H14FN3O/c16-12-6-11(7-18-8-12)15(20)19-5-4-13-10(9-19)2-1-3-14(13)17/h1-3,6-8H,4-5,9,17H2. The quantitative estimate of drug-likeness (QED) is 0.807. The largest absolute Gasteiger partial charge is 0.398 e. The minimum absolute atomic E-state index is 0.204. The lowest BCUT2D eigenvalue weighted by atomic mass is 9.97. The van der Waals surface area contributed by atoms with Gasteiger partial charge in [-0.25, -0.2) is 4.39 Å². The molecular weight excluding hydrogens is 257 g/mol. The number of fused-ring (bicyclic) bond motifs is 1. The summed E-state index contributed by atoms with van der Waals surface area (Å²) in [5.41, 5.74) is 9.13. The van der Waals surface area contributed by atoms with E-state index in [1.165, 1.54) is 12.3 Å².